The number of ether oxygens (including phenoxy) is 1. The van der Waals surface area contributed by atoms with Crippen LogP contribution in [-0.2, 0) is 0 Å². The van der Waals surface area contributed by atoms with Crippen LogP contribution < -0.4 is 10.1 Å². The Morgan fingerprint density at radius 1 is 1.00 bits per heavy atom. The number of rotatable bonds is 10. The Kier molecular flexibility index (Phi) is 7.86. The van der Waals surface area contributed by atoms with Crippen molar-refractivity contribution in [2.45, 2.75) is 33.1 Å². The van der Waals surface area contributed by atoms with Gasteiger partial charge >= 0.3 is 0 Å². The first-order valence-corrected chi connectivity index (χ1v) is 10.8. The summed E-state index contributed by atoms with van der Waals surface area (Å²) in [5, 5.41) is 3.94. The van der Waals surface area contributed by atoms with Gasteiger partial charge in [0.25, 0.3) is 0 Å². The highest BCUT2D eigenvalue weighted by atomic mass is 35.5. The van der Waals surface area contributed by atoms with Gasteiger partial charge in [-0.05, 0) is 61.4 Å². The van der Waals surface area contributed by atoms with Gasteiger partial charge in [-0.2, -0.15) is 0 Å². The van der Waals surface area contributed by atoms with Crippen LogP contribution in [0.1, 0.15) is 49.0 Å². The second kappa shape index (κ2) is 10.8. The molecule has 1 heterocycles. The molecule has 0 amide bonds. The molecular formula is C25H27ClN2O2. The first-order valence-electron chi connectivity index (χ1n) is 10.4. The Bertz CT molecular complexity index is 969. The molecular weight excluding hydrogens is 396 g/mol. The fourth-order valence-electron chi connectivity index (χ4n) is 3.19. The molecule has 4 nitrogen and oxygen atoms in total. The topological polar surface area (TPSA) is 51.2 Å². The Hall–Kier alpha value is -2.85. The summed E-state index contributed by atoms with van der Waals surface area (Å²) in [4.78, 5) is 17.8. The van der Waals surface area contributed by atoms with Crippen LogP contribution in [0, 0.1) is 0 Å². The maximum atomic E-state index is 13.2. The molecule has 0 radical (unpaired) electrons. The van der Waals surface area contributed by atoms with E-state index in [1.165, 1.54) is 0 Å². The van der Waals surface area contributed by atoms with Crippen LogP contribution in [0.5, 0.6) is 5.75 Å². The van der Waals surface area contributed by atoms with Crippen molar-refractivity contribution in [1.82, 2.24) is 4.98 Å². The van der Waals surface area contributed by atoms with E-state index < -0.39 is 0 Å². The monoisotopic (exact) mass is 422 g/mol. The molecule has 30 heavy (non-hydrogen) atoms. The molecule has 0 aliphatic carbocycles. The first-order chi connectivity index (χ1) is 14.6. The number of halogens is 1. The molecule has 0 bridgehead atoms. The Labute approximate surface area is 183 Å². The molecule has 5 heteroatoms. The van der Waals surface area contributed by atoms with Crippen LogP contribution >= 0.6 is 11.6 Å². The highest BCUT2D eigenvalue weighted by molar-refractivity contribution is 6.30. The average Bonchev–Trinajstić information content (AvgIpc) is 2.78. The summed E-state index contributed by atoms with van der Waals surface area (Å²) >= 11 is 5.99. The van der Waals surface area contributed by atoms with E-state index in [1.54, 1.807) is 30.5 Å². The average molecular weight is 423 g/mol. The number of hydrogen-bond donors (Lipinski definition) is 1. The predicted molar refractivity (Wildman–Crippen MR) is 124 cm³/mol. The first kappa shape index (κ1) is 21.8. The van der Waals surface area contributed by atoms with Gasteiger partial charge in [0.2, 0.25) is 0 Å². The number of anilines is 1. The van der Waals surface area contributed by atoms with Crippen LogP contribution in [0.25, 0.3) is 11.1 Å². The minimum absolute atomic E-state index is 0.0788. The van der Waals surface area contributed by atoms with Crippen molar-refractivity contribution in [3.63, 3.8) is 0 Å². The van der Waals surface area contributed by atoms with Gasteiger partial charge in [0.1, 0.15) is 11.6 Å². The van der Waals surface area contributed by atoms with Crippen molar-refractivity contribution in [1.29, 1.82) is 0 Å². The standard InChI is InChI=1S/C25H27ClN2O2/c1-3-5-6-15-27-25-23(24(29)19-7-11-21(26)12-8-19)16-20(17-28-25)18-9-13-22(14-10-18)30-4-2/h7-14,16-17H,3-6,15H2,1-2H3,(H,27,28). The molecule has 0 spiro atoms. The third kappa shape index (κ3) is 5.61. The number of benzene rings is 2. The number of nitrogens with zero attached hydrogens (tertiary/aromatic N) is 1. The van der Waals surface area contributed by atoms with Crippen molar-refractivity contribution in [3.8, 4) is 16.9 Å². The number of unbranched alkanes of at least 4 members (excludes halogenated alkanes) is 2. The minimum atomic E-state index is -0.0788. The zero-order valence-electron chi connectivity index (χ0n) is 17.5. The van der Waals surface area contributed by atoms with Crippen LogP contribution in [0.2, 0.25) is 5.02 Å². The molecule has 3 rings (SSSR count). The van der Waals surface area contributed by atoms with Gasteiger partial charge in [0.05, 0.1) is 12.2 Å². The van der Waals surface area contributed by atoms with Gasteiger partial charge in [0, 0.05) is 28.9 Å². The lowest BCUT2D eigenvalue weighted by molar-refractivity contribution is 0.103. The summed E-state index contributed by atoms with van der Waals surface area (Å²) in [7, 11) is 0. The molecule has 3 aromatic rings. The van der Waals surface area contributed by atoms with Gasteiger partial charge < -0.3 is 10.1 Å². The highest BCUT2D eigenvalue weighted by Crippen LogP contribution is 2.27. The van der Waals surface area contributed by atoms with Crippen LogP contribution in [0.4, 0.5) is 5.82 Å². The Morgan fingerprint density at radius 3 is 2.40 bits per heavy atom. The predicted octanol–water partition coefficient (Wildman–Crippen LogP) is 6.63. The summed E-state index contributed by atoms with van der Waals surface area (Å²) in [6, 6.07) is 16.7. The van der Waals surface area contributed by atoms with E-state index in [4.69, 9.17) is 16.3 Å². The smallest absolute Gasteiger partial charge is 0.196 e. The van der Waals surface area contributed by atoms with Crippen LogP contribution in [-0.4, -0.2) is 23.9 Å². The number of carbonyl (C=O) groups is 1. The fraction of sp³-hybridized carbons (Fsp3) is 0.280. The molecule has 1 aromatic heterocycles. The molecule has 0 saturated carbocycles. The second-order valence-corrected chi connectivity index (χ2v) is 7.48. The van der Waals surface area contributed by atoms with Gasteiger partial charge in [0.15, 0.2) is 5.78 Å². The van der Waals surface area contributed by atoms with E-state index >= 15 is 0 Å². The summed E-state index contributed by atoms with van der Waals surface area (Å²) in [5.74, 6) is 1.35. The minimum Gasteiger partial charge on any atom is -0.494 e. The summed E-state index contributed by atoms with van der Waals surface area (Å²) in [6.07, 6.45) is 5.12. The molecule has 0 fully saturated rings. The van der Waals surface area contributed by atoms with E-state index in [0.29, 0.717) is 28.6 Å². The lowest BCUT2D eigenvalue weighted by atomic mass is 9.99. The number of ketones is 1. The van der Waals surface area contributed by atoms with E-state index in [-0.39, 0.29) is 5.78 Å². The second-order valence-electron chi connectivity index (χ2n) is 7.05. The Morgan fingerprint density at radius 2 is 1.73 bits per heavy atom. The zero-order valence-corrected chi connectivity index (χ0v) is 18.2. The number of carbonyl (C=O) groups excluding carboxylic acids is 1. The molecule has 0 aliphatic heterocycles. The maximum absolute atomic E-state index is 13.2. The quantitative estimate of drug-likeness (QED) is 0.294. The summed E-state index contributed by atoms with van der Waals surface area (Å²) < 4.78 is 5.52. The van der Waals surface area contributed by atoms with Crippen molar-refractivity contribution >= 4 is 23.2 Å². The van der Waals surface area contributed by atoms with Gasteiger partial charge in [-0.1, -0.05) is 43.5 Å². The lowest BCUT2D eigenvalue weighted by Crippen LogP contribution is -2.11. The highest BCUT2D eigenvalue weighted by Gasteiger charge is 2.16. The molecule has 2 aromatic carbocycles. The number of nitrogens with one attached hydrogen (secondary N) is 1. The molecule has 0 aliphatic rings. The van der Waals surface area contributed by atoms with E-state index in [1.807, 2.05) is 37.3 Å². The van der Waals surface area contributed by atoms with E-state index in [2.05, 4.69) is 17.2 Å². The SMILES string of the molecule is CCCCCNc1ncc(-c2ccc(OCC)cc2)cc1C(=O)c1ccc(Cl)cc1. The molecule has 0 atom stereocenters. The number of aromatic nitrogens is 1. The van der Waals surface area contributed by atoms with Crippen molar-refractivity contribution in [3.05, 3.63) is 76.9 Å². The molecule has 1 N–H and O–H groups in total. The van der Waals surface area contributed by atoms with Gasteiger partial charge in [-0.15, -0.1) is 0 Å². The van der Waals surface area contributed by atoms with Gasteiger partial charge in [-0.25, -0.2) is 4.98 Å². The molecule has 156 valence electrons. The fourth-order valence-corrected chi connectivity index (χ4v) is 3.31. The normalized spacial score (nSPS) is 10.6. The van der Waals surface area contributed by atoms with E-state index in [9.17, 15) is 4.79 Å². The van der Waals surface area contributed by atoms with Crippen molar-refractivity contribution in [2.75, 3.05) is 18.5 Å². The third-order valence-corrected chi connectivity index (χ3v) is 5.06. The zero-order chi connectivity index (χ0) is 21.3. The lowest BCUT2D eigenvalue weighted by Gasteiger charge is -2.13. The van der Waals surface area contributed by atoms with Crippen molar-refractivity contribution < 1.29 is 9.53 Å². The van der Waals surface area contributed by atoms with Crippen LogP contribution in [0.3, 0.4) is 0 Å². The molecule has 0 saturated heterocycles. The Balaban J connectivity index is 1.93. The summed E-state index contributed by atoms with van der Waals surface area (Å²) in [6.45, 7) is 5.53. The van der Waals surface area contributed by atoms with Gasteiger partial charge in [-0.3, -0.25) is 4.79 Å². The van der Waals surface area contributed by atoms with Crippen molar-refractivity contribution in [2.24, 2.45) is 0 Å². The largest absolute Gasteiger partial charge is 0.494 e. The number of pyridine rings is 1. The van der Waals surface area contributed by atoms with E-state index in [0.717, 1.165) is 42.7 Å². The number of hydrogen-bond acceptors (Lipinski definition) is 4. The molecule has 0 unspecified atom stereocenters. The third-order valence-electron chi connectivity index (χ3n) is 4.81. The summed E-state index contributed by atoms with van der Waals surface area (Å²) in [5.41, 5.74) is 3.00. The van der Waals surface area contributed by atoms with Crippen LogP contribution in [0.15, 0.2) is 60.8 Å². The maximum Gasteiger partial charge on any atom is 0.196 e.